The fourth-order valence-electron chi connectivity index (χ4n) is 3.71. The largest absolute Gasteiger partial charge is 0.366 e. The minimum atomic E-state index is 0.439. The van der Waals surface area contributed by atoms with Crippen molar-refractivity contribution >= 4 is 23.4 Å². The highest BCUT2D eigenvalue weighted by Crippen LogP contribution is 2.37. The third kappa shape index (κ3) is 7.88. The van der Waals surface area contributed by atoms with E-state index in [2.05, 4.69) is 53.0 Å². The van der Waals surface area contributed by atoms with Gasteiger partial charge in [0.2, 0.25) is 0 Å². The summed E-state index contributed by atoms with van der Waals surface area (Å²) in [4.78, 5) is 22.2. The highest BCUT2D eigenvalue weighted by Gasteiger charge is 2.25. The van der Waals surface area contributed by atoms with Gasteiger partial charge in [-0.05, 0) is 77.5 Å². The van der Waals surface area contributed by atoms with Crippen LogP contribution in [-0.2, 0) is 6.42 Å². The molecule has 1 aliphatic heterocycles. The summed E-state index contributed by atoms with van der Waals surface area (Å²) in [6.07, 6.45) is 11.7. The van der Waals surface area contributed by atoms with E-state index < -0.39 is 0 Å². The van der Waals surface area contributed by atoms with Gasteiger partial charge in [0, 0.05) is 48.0 Å². The Morgan fingerprint density at radius 3 is 2.67 bits per heavy atom. The second-order valence-corrected chi connectivity index (χ2v) is 9.44. The topological polar surface area (TPSA) is 75.4 Å². The van der Waals surface area contributed by atoms with Gasteiger partial charge >= 0.3 is 0 Å². The first-order chi connectivity index (χ1) is 15.8. The summed E-state index contributed by atoms with van der Waals surface area (Å²) in [5, 5.41) is 3.45. The monoisotopic (exact) mass is 446 g/mol. The van der Waals surface area contributed by atoms with Crippen LogP contribution in [0.2, 0.25) is 0 Å². The predicted octanol–water partition coefficient (Wildman–Crippen LogP) is 6.61. The van der Waals surface area contributed by atoms with E-state index in [-0.39, 0.29) is 0 Å². The van der Waals surface area contributed by atoms with Crippen molar-refractivity contribution in [2.24, 2.45) is 15.9 Å². The Balaban J connectivity index is 0.000000252. The van der Waals surface area contributed by atoms with E-state index in [1.54, 1.807) is 0 Å². The van der Waals surface area contributed by atoms with Crippen molar-refractivity contribution in [2.45, 2.75) is 79.6 Å². The fraction of sp³-hybridized carbons (Fsp3) is 0.519. The van der Waals surface area contributed by atoms with Gasteiger partial charge in [-0.25, -0.2) is 9.97 Å². The molecular weight excluding hydrogens is 408 g/mol. The van der Waals surface area contributed by atoms with Gasteiger partial charge in [0.25, 0.3) is 0 Å². The van der Waals surface area contributed by atoms with E-state index in [4.69, 9.17) is 4.98 Å². The van der Waals surface area contributed by atoms with E-state index in [1.165, 1.54) is 24.8 Å². The lowest BCUT2D eigenvalue weighted by atomic mass is 10.0. The number of rotatable bonds is 7. The molecule has 6 nitrogen and oxygen atoms in total. The van der Waals surface area contributed by atoms with Crippen LogP contribution in [-0.4, -0.2) is 33.4 Å². The quantitative estimate of drug-likeness (QED) is 0.486. The first kappa shape index (κ1) is 24.7. The summed E-state index contributed by atoms with van der Waals surface area (Å²) in [6.45, 7) is 13.3. The smallest absolute Gasteiger partial charge is 0.133 e. The molecule has 1 saturated carbocycles. The first-order valence-corrected chi connectivity index (χ1v) is 12.1. The van der Waals surface area contributed by atoms with Gasteiger partial charge in [-0.3, -0.25) is 15.0 Å². The first-order valence-electron chi connectivity index (χ1n) is 12.1. The zero-order chi connectivity index (χ0) is 23.8. The van der Waals surface area contributed by atoms with Crippen LogP contribution in [0.4, 0.5) is 11.5 Å². The van der Waals surface area contributed by atoms with Crippen LogP contribution in [0.5, 0.6) is 0 Å². The second-order valence-electron chi connectivity index (χ2n) is 9.44. The molecule has 176 valence electrons. The van der Waals surface area contributed by atoms with Gasteiger partial charge in [-0.15, -0.1) is 0 Å². The molecule has 0 bridgehead atoms. The molecule has 1 aliphatic carbocycles. The van der Waals surface area contributed by atoms with Crippen LogP contribution < -0.4 is 5.32 Å². The van der Waals surface area contributed by atoms with Crippen LogP contribution in [0.1, 0.15) is 83.3 Å². The standard InChI is InChI=1S/C19H30N4.C8H8N2/c1-12(2)22-16(6)14(4)10-20-19-15(5)11-21-18(23-19)13(3)9-17-7-8-17;1-3-7-8(9-5-1)4-2-6-10-7/h11,13,17H,7-10H2,1-6H3,(H,20,21,23);1,3,5-6H,2,4H2/b16-14+;. The number of fused-ring (bicyclic) bond motifs is 1. The molecule has 33 heavy (non-hydrogen) atoms. The second kappa shape index (κ2) is 11.8. The summed E-state index contributed by atoms with van der Waals surface area (Å²) in [7, 11) is 0. The Morgan fingerprint density at radius 2 is 1.97 bits per heavy atom. The van der Waals surface area contributed by atoms with Crippen molar-refractivity contribution in [3.05, 3.63) is 52.9 Å². The molecule has 1 atom stereocenters. The molecule has 0 amide bonds. The minimum absolute atomic E-state index is 0.439. The Bertz CT molecular complexity index is 1030. The zero-order valence-corrected chi connectivity index (χ0v) is 21.0. The van der Waals surface area contributed by atoms with Crippen molar-refractivity contribution in [2.75, 3.05) is 11.9 Å². The molecule has 0 aromatic carbocycles. The van der Waals surface area contributed by atoms with Crippen LogP contribution in [0, 0.1) is 12.8 Å². The van der Waals surface area contributed by atoms with Crippen molar-refractivity contribution in [1.29, 1.82) is 0 Å². The molecule has 3 heterocycles. The predicted molar refractivity (Wildman–Crippen MR) is 139 cm³/mol. The van der Waals surface area contributed by atoms with Gasteiger partial charge in [0.1, 0.15) is 11.6 Å². The zero-order valence-electron chi connectivity index (χ0n) is 21.0. The van der Waals surface area contributed by atoms with E-state index >= 15 is 0 Å². The molecule has 2 aromatic heterocycles. The van der Waals surface area contributed by atoms with Crippen LogP contribution in [0.3, 0.4) is 0 Å². The average Bonchev–Trinajstić information content (AvgIpc) is 3.62. The van der Waals surface area contributed by atoms with Gasteiger partial charge in [-0.2, -0.15) is 0 Å². The Kier molecular flexibility index (Phi) is 8.87. The molecule has 0 spiro atoms. The SMILES string of the molecule is C1=Nc2cccnc2CC1.CC(C)=N/C(C)=C(\C)CNc1nc(C(C)CC2CC2)ncc1C. The number of nitrogens with zero attached hydrogens (tertiary/aromatic N) is 5. The maximum Gasteiger partial charge on any atom is 0.133 e. The fourth-order valence-corrected chi connectivity index (χ4v) is 3.71. The van der Waals surface area contributed by atoms with E-state index in [9.17, 15) is 0 Å². The molecule has 1 unspecified atom stereocenters. The van der Waals surface area contributed by atoms with Crippen molar-refractivity contribution in [1.82, 2.24) is 15.0 Å². The van der Waals surface area contributed by atoms with Crippen molar-refractivity contribution < 1.29 is 0 Å². The molecule has 0 saturated heterocycles. The Morgan fingerprint density at radius 1 is 1.18 bits per heavy atom. The summed E-state index contributed by atoms with van der Waals surface area (Å²) in [5.74, 6) is 3.25. The molecule has 2 aromatic rings. The molecule has 1 N–H and O–H groups in total. The summed E-state index contributed by atoms with van der Waals surface area (Å²) >= 11 is 0. The number of pyridine rings is 1. The van der Waals surface area contributed by atoms with Crippen molar-refractivity contribution in [3.8, 4) is 0 Å². The third-order valence-corrected chi connectivity index (χ3v) is 5.95. The number of aromatic nitrogens is 3. The van der Waals surface area contributed by atoms with Crippen LogP contribution in [0.15, 0.2) is 45.8 Å². The lowest BCUT2D eigenvalue weighted by molar-refractivity contribution is 0.589. The molecule has 6 heteroatoms. The summed E-state index contributed by atoms with van der Waals surface area (Å²) in [6, 6.07) is 3.92. The number of aryl methyl sites for hydroxylation is 2. The lowest BCUT2D eigenvalue weighted by Gasteiger charge is -2.14. The molecule has 4 rings (SSSR count). The van der Waals surface area contributed by atoms with Crippen molar-refractivity contribution in [3.63, 3.8) is 0 Å². The van der Waals surface area contributed by atoms with Gasteiger partial charge in [0.15, 0.2) is 0 Å². The third-order valence-electron chi connectivity index (χ3n) is 5.95. The Labute approximate surface area is 198 Å². The van der Waals surface area contributed by atoms with E-state index in [1.807, 2.05) is 44.6 Å². The maximum atomic E-state index is 4.76. The highest BCUT2D eigenvalue weighted by atomic mass is 15.0. The number of nitrogens with one attached hydrogen (secondary N) is 1. The maximum absolute atomic E-state index is 4.76. The number of hydrogen-bond acceptors (Lipinski definition) is 6. The average molecular weight is 447 g/mol. The van der Waals surface area contributed by atoms with E-state index in [0.717, 1.165) is 65.3 Å². The van der Waals surface area contributed by atoms with Gasteiger partial charge < -0.3 is 5.32 Å². The number of allylic oxidation sites excluding steroid dienone is 1. The molecule has 0 radical (unpaired) electrons. The van der Waals surface area contributed by atoms with Crippen LogP contribution >= 0.6 is 0 Å². The summed E-state index contributed by atoms with van der Waals surface area (Å²) < 4.78 is 0. The lowest BCUT2D eigenvalue weighted by Crippen LogP contribution is -2.11. The van der Waals surface area contributed by atoms with Gasteiger partial charge in [0.05, 0.1) is 11.4 Å². The van der Waals surface area contributed by atoms with E-state index in [0.29, 0.717) is 5.92 Å². The molecule has 1 fully saturated rings. The normalized spacial score (nSPS) is 16.1. The Hall–Kier alpha value is -2.89. The number of aliphatic imine (C=N–C) groups is 2. The van der Waals surface area contributed by atoms with Gasteiger partial charge in [-0.1, -0.05) is 19.8 Å². The summed E-state index contributed by atoms with van der Waals surface area (Å²) in [5.41, 5.74) is 6.64. The van der Waals surface area contributed by atoms with Crippen LogP contribution in [0.25, 0.3) is 0 Å². The molecule has 2 aliphatic rings. The minimum Gasteiger partial charge on any atom is -0.366 e. The number of anilines is 1. The molecular formula is C27H38N6. The highest BCUT2D eigenvalue weighted by molar-refractivity contribution is 5.80. The number of hydrogen-bond donors (Lipinski definition) is 1.